The highest BCUT2D eigenvalue weighted by Gasteiger charge is 2.17. The zero-order valence-electron chi connectivity index (χ0n) is 28.4. The van der Waals surface area contributed by atoms with E-state index in [1.165, 1.54) is 75.1 Å². The van der Waals surface area contributed by atoms with E-state index in [4.69, 9.17) is 0 Å². The highest BCUT2D eigenvalue weighted by atomic mass is 32.1. The molecule has 52 heavy (non-hydrogen) atoms. The molecule has 9 aromatic carbocycles. The molecular formula is C50H33NS. The first kappa shape index (κ1) is 30.4. The van der Waals surface area contributed by atoms with Crippen LogP contribution in [0.1, 0.15) is 0 Å². The van der Waals surface area contributed by atoms with E-state index >= 15 is 0 Å². The SMILES string of the molecule is c1ccc(-c2cccc(N(c3cccc(-c4ccc5ccc(-c6ccc7ccccc7c6)cc5c4)c3)c3ccc4c(c3)sc3ccccc34)c2)cc1. The summed E-state index contributed by atoms with van der Waals surface area (Å²) in [7, 11) is 0. The van der Waals surface area contributed by atoms with Crippen molar-refractivity contribution in [3.63, 3.8) is 0 Å². The predicted molar refractivity (Wildman–Crippen MR) is 225 cm³/mol. The number of benzene rings is 9. The molecule has 0 unspecified atom stereocenters. The summed E-state index contributed by atoms with van der Waals surface area (Å²) >= 11 is 1.86. The van der Waals surface area contributed by atoms with Crippen molar-refractivity contribution in [1.82, 2.24) is 0 Å². The molecule has 10 aromatic rings. The van der Waals surface area contributed by atoms with E-state index in [1.807, 2.05) is 11.3 Å². The molecule has 1 heterocycles. The third-order valence-electron chi connectivity index (χ3n) is 10.2. The smallest absolute Gasteiger partial charge is 0.0476 e. The molecule has 1 aromatic heterocycles. The fraction of sp³-hybridized carbons (Fsp3) is 0. The molecule has 0 radical (unpaired) electrons. The van der Waals surface area contributed by atoms with Gasteiger partial charge in [-0.25, -0.2) is 0 Å². The van der Waals surface area contributed by atoms with Gasteiger partial charge in [-0.15, -0.1) is 11.3 Å². The second-order valence-electron chi connectivity index (χ2n) is 13.4. The Morgan fingerprint density at radius 3 is 1.48 bits per heavy atom. The summed E-state index contributed by atoms with van der Waals surface area (Å²) in [5, 5.41) is 7.61. The van der Waals surface area contributed by atoms with Gasteiger partial charge in [0, 0.05) is 37.2 Å². The monoisotopic (exact) mass is 679 g/mol. The lowest BCUT2D eigenvalue weighted by atomic mass is 9.96. The van der Waals surface area contributed by atoms with Crippen molar-refractivity contribution in [3.05, 3.63) is 200 Å². The molecule has 0 N–H and O–H groups in total. The summed E-state index contributed by atoms with van der Waals surface area (Å²) in [5.74, 6) is 0. The molecule has 0 spiro atoms. The van der Waals surface area contributed by atoms with Gasteiger partial charge in [0.15, 0.2) is 0 Å². The average Bonchev–Trinajstić information content (AvgIpc) is 3.59. The van der Waals surface area contributed by atoms with Crippen molar-refractivity contribution in [3.8, 4) is 33.4 Å². The van der Waals surface area contributed by atoms with Crippen LogP contribution in [0, 0.1) is 0 Å². The second-order valence-corrected chi connectivity index (χ2v) is 14.5. The van der Waals surface area contributed by atoms with Crippen LogP contribution in [0.3, 0.4) is 0 Å². The van der Waals surface area contributed by atoms with Crippen molar-refractivity contribution in [1.29, 1.82) is 0 Å². The van der Waals surface area contributed by atoms with Crippen molar-refractivity contribution in [2.24, 2.45) is 0 Å². The van der Waals surface area contributed by atoms with Crippen molar-refractivity contribution in [2.45, 2.75) is 0 Å². The molecule has 0 amide bonds. The molecule has 0 fully saturated rings. The fourth-order valence-corrected chi connectivity index (χ4v) is 8.69. The van der Waals surface area contributed by atoms with Gasteiger partial charge in [0.2, 0.25) is 0 Å². The summed E-state index contributed by atoms with van der Waals surface area (Å²) in [6.45, 7) is 0. The highest BCUT2D eigenvalue weighted by Crippen LogP contribution is 2.42. The van der Waals surface area contributed by atoms with E-state index in [-0.39, 0.29) is 0 Å². The molecule has 0 bridgehead atoms. The van der Waals surface area contributed by atoms with Crippen LogP contribution in [0.2, 0.25) is 0 Å². The third kappa shape index (κ3) is 5.51. The van der Waals surface area contributed by atoms with Crippen LogP contribution in [-0.2, 0) is 0 Å². The molecule has 0 saturated carbocycles. The quantitative estimate of drug-likeness (QED) is 0.169. The van der Waals surface area contributed by atoms with E-state index < -0.39 is 0 Å². The number of fused-ring (bicyclic) bond motifs is 5. The van der Waals surface area contributed by atoms with Gasteiger partial charge in [-0.1, -0.05) is 140 Å². The Labute approximate surface area is 307 Å². The minimum atomic E-state index is 1.12. The molecule has 0 atom stereocenters. The number of thiophene rings is 1. The molecule has 0 aliphatic heterocycles. The molecule has 244 valence electrons. The predicted octanol–water partition coefficient (Wildman–Crippen LogP) is 14.8. The number of nitrogens with zero attached hydrogens (tertiary/aromatic N) is 1. The van der Waals surface area contributed by atoms with E-state index in [1.54, 1.807) is 0 Å². The van der Waals surface area contributed by atoms with E-state index in [9.17, 15) is 0 Å². The Hall–Kier alpha value is -6.48. The highest BCUT2D eigenvalue weighted by molar-refractivity contribution is 7.25. The van der Waals surface area contributed by atoms with Gasteiger partial charge in [0.1, 0.15) is 0 Å². The molecule has 0 aliphatic rings. The van der Waals surface area contributed by atoms with E-state index in [0.29, 0.717) is 0 Å². The molecule has 10 rings (SSSR count). The summed E-state index contributed by atoms with van der Waals surface area (Å²) in [5.41, 5.74) is 10.6. The zero-order chi connectivity index (χ0) is 34.4. The maximum Gasteiger partial charge on any atom is 0.0476 e. The molecule has 2 heteroatoms. The first-order valence-electron chi connectivity index (χ1n) is 17.7. The van der Waals surface area contributed by atoms with Gasteiger partial charge >= 0.3 is 0 Å². The van der Waals surface area contributed by atoms with Crippen LogP contribution in [-0.4, -0.2) is 0 Å². The van der Waals surface area contributed by atoms with Crippen LogP contribution >= 0.6 is 11.3 Å². The van der Waals surface area contributed by atoms with Crippen LogP contribution in [0.15, 0.2) is 200 Å². The number of anilines is 3. The van der Waals surface area contributed by atoms with Gasteiger partial charge < -0.3 is 4.90 Å². The lowest BCUT2D eigenvalue weighted by molar-refractivity contribution is 1.29. The Morgan fingerprint density at radius 1 is 0.269 bits per heavy atom. The minimum absolute atomic E-state index is 1.12. The van der Waals surface area contributed by atoms with Crippen molar-refractivity contribution in [2.75, 3.05) is 4.90 Å². The first-order chi connectivity index (χ1) is 25.7. The molecule has 1 nitrogen and oxygen atoms in total. The van der Waals surface area contributed by atoms with E-state index in [2.05, 4.69) is 205 Å². The van der Waals surface area contributed by atoms with Crippen LogP contribution in [0.4, 0.5) is 17.1 Å². The standard InChI is InChI=1S/C50H33NS/c1-2-10-34(11-3-1)38-14-8-16-44(31-38)51(46-26-27-48-47-18-6-7-19-49(47)52-50(48)33-46)45-17-9-15-39(32-45)41-24-21-36-22-25-42(30-43(36)29-41)40-23-20-35-12-4-5-13-37(35)28-40/h1-33H. The van der Waals surface area contributed by atoms with Gasteiger partial charge in [-0.05, 0) is 116 Å². The van der Waals surface area contributed by atoms with Gasteiger partial charge in [0.05, 0.1) is 0 Å². The van der Waals surface area contributed by atoms with Crippen LogP contribution < -0.4 is 4.90 Å². The summed E-state index contributed by atoms with van der Waals surface area (Å²) < 4.78 is 2.60. The third-order valence-corrected chi connectivity index (χ3v) is 11.3. The summed E-state index contributed by atoms with van der Waals surface area (Å²) in [6.07, 6.45) is 0. The number of rotatable bonds is 6. The summed E-state index contributed by atoms with van der Waals surface area (Å²) in [6, 6.07) is 73.1. The zero-order valence-corrected chi connectivity index (χ0v) is 29.2. The van der Waals surface area contributed by atoms with Crippen molar-refractivity contribution >= 4 is 70.1 Å². The summed E-state index contributed by atoms with van der Waals surface area (Å²) in [4.78, 5) is 2.40. The normalized spacial score (nSPS) is 11.5. The second kappa shape index (κ2) is 12.7. The van der Waals surface area contributed by atoms with Crippen LogP contribution in [0.25, 0.3) is 75.1 Å². The Balaban J connectivity index is 1.08. The van der Waals surface area contributed by atoms with Gasteiger partial charge in [0.25, 0.3) is 0 Å². The fourth-order valence-electron chi connectivity index (χ4n) is 7.56. The first-order valence-corrected chi connectivity index (χ1v) is 18.6. The Kier molecular flexibility index (Phi) is 7.41. The minimum Gasteiger partial charge on any atom is -0.310 e. The maximum absolute atomic E-state index is 2.40. The Morgan fingerprint density at radius 2 is 0.769 bits per heavy atom. The van der Waals surface area contributed by atoms with Gasteiger partial charge in [-0.2, -0.15) is 0 Å². The lowest BCUT2D eigenvalue weighted by Crippen LogP contribution is -2.10. The molecular weight excluding hydrogens is 647 g/mol. The Bertz CT molecular complexity index is 2920. The lowest BCUT2D eigenvalue weighted by Gasteiger charge is -2.26. The largest absolute Gasteiger partial charge is 0.310 e. The topological polar surface area (TPSA) is 3.24 Å². The van der Waals surface area contributed by atoms with E-state index in [0.717, 1.165) is 17.1 Å². The molecule has 0 aliphatic carbocycles. The number of hydrogen-bond donors (Lipinski definition) is 0. The van der Waals surface area contributed by atoms with Crippen molar-refractivity contribution < 1.29 is 0 Å². The van der Waals surface area contributed by atoms with Crippen LogP contribution in [0.5, 0.6) is 0 Å². The average molecular weight is 680 g/mol. The molecule has 0 saturated heterocycles. The number of hydrogen-bond acceptors (Lipinski definition) is 2. The maximum atomic E-state index is 2.40. The van der Waals surface area contributed by atoms with Gasteiger partial charge in [-0.3, -0.25) is 0 Å².